The van der Waals surface area contributed by atoms with E-state index in [9.17, 15) is 4.79 Å². The number of nitrogens with one attached hydrogen (secondary N) is 1. The molecule has 1 aliphatic heterocycles. The van der Waals surface area contributed by atoms with E-state index in [1.165, 1.54) is 5.56 Å². The van der Waals surface area contributed by atoms with E-state index in [2.05, 4.69) is 16.3 Å². The van der Waals surface area contributed by atoms with Crippen LogP contribution in [0, 0.1) is 0 Å². The van der Waals surface area contributed by atoms with Gasteiger partial charge in [-0.25, -0.2) is 0 Å². The van der Waals surface area contributed by atoms with Crippen LogP contribution >= 0.6 is 0 Å². The molecule has 0 saturated carbocycles. The molecule has 0 fully saturated rings. The first-order chi connectivity index (χ1) is 10.7. The normalized spacial score (nSPS) is 13.5. The molecule has 3 N–H and O–H groups in total. The molecule has 3 rings (SSSR count). The lowest BCUT2D eigenvalue weighted by Gasteiger charge is -2.31. The summed E-state index contributed by atoms with van der Waals surface area (Å²) in [5.74, 6) is 0.0409. The van der Waals surface area contributed by atoms with Crippen LogP contribution in [0.15, 0.2) is 48.5 Å². The lowest BCUT2D eigenvalue weighted by atomic mass is 10.00. The number of fused-ring (bicyclic) bond motifs is 1. The maximum absolute atomic E-state index is 12.2. The molecule has 0 aliphatic carbocycles. The molecule has 0 unspecified atom stereocenters. The number of carbonyl (C=O) groups excluding carboxylic acids is 1. The van der Waals surface area contributed by atoms with Crippen LogP contribution in [0.1, 0.15) is 17.5 Å². The molecule has 4 heteroatoms. The molecule has 1 heterocycles. The monoisotopic (exact) mass is 295 g/mol. The fourth-order valence-corrected chi connectivity index (χ4v) is 2.92. The van der Waals surface area contributed by atoms with Gasteiger partial charge in [-0.05, 0) is 36.1 Å². The molecule has 1 amide bonds. The van der Waals surface area contributed by atoms with Crippen molar-refractivity contribution in [1.29, 1.82) is 0 Å². The highest BCUT2D eigenvalue weighted by Crippen LogP contribution is 2.30. The molecule has 114 valence electrons. The summed E-state index contributed by atoms with van der Waals surface area (Å²) >= 11 is 0. The zero-order chi connectivity index (χ0) is 15.4. The Labute approximate surface area is 130 Å². The zero-order valence-corrected chi connectivity index (χ0v) is 12.6. The number of benzene rings is 2. The summed E-state index contributed by atoms with van der Waals surface area (Å²) in [6.07, 6.45) is 2.03. The van der Waals surface area contributed by atoms with E-state index >= 15 is 0 Å². The van der Waals surface area contributed by atoms with Crippen molar-refractivity contribution >= 4 is 17.3 Å². The van der Waals surface area contributed by atoms with Crippen LogP contribution in [0.5, 0.6) is 0 Å². The number of nitrogen functional groups attached to an aromatic ring is 1. The summed E-state index contributed by atoms with van der Waals surface area (Å²) in [7, 11) is 0. The van der Waals surface area contributed by atoms with Gasteiger partial charge < -0.3 is 16.0 Å². The number of hydrogen-bond acceptors (Lipinski definition) is 3. The average Bonchev–Trinajstić information content (AvgIpc) is 2.55. The Morgan fingerprint density at radius 1 is 1.14 bits per heavy atom. The first-order valence-corrected chi connectivity index (χ1v) is 7.67. The van der Waals surface area contributed by atoms with Gasteiger partial charge in [-0.2, -0.15) is 0 Å². The first kappa shape index (κ1) is 14.4. The number of anilines is 2. The molecular weight excluding hydrogens is 274 g/mol. The average molecular weight is 295 g/mol. The van der Waals surface area contributed by atoms with Crippen molar-refractivity contribution in [1.82, 2.24) is 5.32 Å². The molecule has 0 spiro atoms. The minimum Gasteiger partial charge on any atom is -0.398 e. The van der Waals surface area contributed by atoms with Gasteiger partial charge in [-0.15, -0.1) is 0 Å². The third-order valence-electron chi connectivity index (χ3n) is 4.05. The van der Waals surface area contributed by atoms with E-state index < -0.39 is 0 Å². The maximum atomic E-state index is 12.2. The molecule has 0 aromatic heterocycles. The second-order valence-corrected chi connectivity index (χ2v) is 5.63. The molecule has 22 heavy (non-hydrogen) atoms. The third kappa shape index (κ3) is 3.22. The number of carbonyl (C=O) groups is 1. The van der Waals surface area contributed by atoms with Crippen molar-refractivity contribution in [2.45, 2.75) is 19.4 Å². The van der Waals surface area contributed by atoms with Gasteiger partial charge in [0.25, 0.3) is 0 Å². The predicted octanol–water partition coefficient (Wildman–Crippen LogP) is 2.34. The Balaban J connectivity index is 1.62. The highest BCUT2D eigenvalue weighted by Gasteiger charge is 2.20. The first-order valence-electron chi connectivity index (χ1n) is 7.67. The fourth-order valence-electron chi connectivity index (χ4n) is 2.92. The van der Waals surface area contributed by atoms with Crippen molar-refractivity contribution in [2.75, 3.05) is 23.7 Å². The van der Waals surface area contributed by atoms with Crippen LogP contribution in [0.2, 0.25) is 0 Å². The van der Waals surface area contributed by atoms with E-state index in [-0.39, 0.29) is 5.91 Å². The molecule has 2 aromatic carbocycles. The van der Waals surface area contributed by atoms with Gasteiger partial charge in [0.15, 0.2) is 0 Å². The predicted molar refractivity (Wildman–Crippen MR) is 89.7 cm³/mol. The second kappa shape index (κ2) is 6.52. The van der Waals surface area contributed by atoms with Gasteiger partial charge in [0, 0.05) is 24.5 Å². The summed E-state index contributed by atoms with van der Waals surface area (Å²) in [6, 6.07) is 15.9. The van der Waals surface area contributed by atoms with E-state index in [1.54, 1.807) is 0 Å². The van der Waals surface area contributed by atoms with E-state index in [0.717, 1.165) is 36.3 Å². The second-order valence-electron chi connectivity index (χ2n) is 5.63. The van der Waals surface area contributed by atoms with Gasteiger partial charge in [0.2, 0.25) is 5.91 Å². The van der Waals surface area contributed by atoms with Crippen LogP contribution in [-0.4, -0.2) is 19.0 Å². The zero-order valence-electron chi connectivity index (χ0n) is 12.6. The lowest BCUT2D eigenvalue weighted by molar-refractivity contribution is -0.119. The van der Waals surface area contributed by atoms with Crippen LogP contribution in [0.3, 0.4) is 0 Å². The minimum absolute atomic E-state index is 0.0409. The summed E-state index contributed by atoms with van der Waals surface area (Å²) in [4.78, 5) is 14.3. The van der Waals surface area contributed by atoms with Crippen LogP contribution in [-0.2, 0) is 17.8 Å². The number of amides is 1. The van der Waals surface area contributed by atoms with E-state index in [4.69, 9.17) is 5.73 Å². The number of nitrogens with zero attached hydrogens (tertiary/aromatic N) is 1. The van der Waals surface area contributed by atoms with Gasteiger partial charge in [-0.1, -0.05) is 36.4 Å². The third-order valence-corrected chi connectivity index (χ3v) is 4.05. The SMILES string of the molecule is Nc1cccc2c1CCCN2CC(=O)NCc1ccccc1. The van der Waals surface area contributed by atoms with Crippen LogP contribution in [0.4, 0.5) is 11.4 Å². The lowest BCUT2D eigenvalue weighted by Crippen LogP contribution is -2.39. The largest absolute Gasteiger partial charge is 0.398 e. The molecule has 2 aromatic rings. The molecular formula is C18H21N3O. The van der Waals surface area contributed by atoms with Crippen molar-refractivity contribution in [3.63, 3.8) is 0 Å². The molecule has 0 bridgehead atoms. The molecule has 4 nitrogen and oxygen atoms in total. The van der Waals surface area contributed by atoms with Crippen molar-refractivity contribution < 1.29 is 4.79 Å². The summed E-state index contributed by atoms with van der Waals surface area (Å²) in [5, 5.41) is 2.98. The number of nitrogens with two attached hydrogens (primary N) is 1. The maximum Gasteiger partial charge on any atom is 0.239 e. The summed E-state index contributed by atoms with van der Waals surface area (Å²) in [5.41, 5.74) is 10.2. The highest BCUT2D eigenvalue weighted by atomic mass is 16.2. The minimum atomic E-state index is 0.0409. The van der Waals surface area contributed by atoms with Gasteiger partial charge in [-0.3, -0.25) is 4.79 Å². The van der Waals surface area contributed by atoms with E-state index in [0.29, 0.717) is 13.1 Å². The Morgan fingerprint density at radius 2 is 1.95 bits per heavy atom. The number of hydrogen-bond donors (Lipinski definition) is 2. The Bertz CT molecular complexity index is 655. The van der Waals surface area contributed by atoms with Crippen LogP contribution < -0.4 is 16.0 Å². The standard InChI is InChI=1S/C18H21N3O/c19-16-9-4-10-17-15(16)8-5-11-21(17)13-18(22)20-12-14-6-2-1-3-7-14/h1-4,6-7,9-10H,5,8,11-13,19H2,(H,20,22). The fraction of sp³-hybridized carbons (Fsp3) is 0.278. The van der Waals surface area contributed by atoms with Gasteiger partial charge in [0.1, 0.15) is 0 Å². The molecule has 1 aliphatic rings. The van der Waals surface area contributed by atoms with Crippen molar-refractivity contribution in [3.05, 3.63) is 59.7 Å². The van der Waals surface area contributed by atoms with Crippen molar-refractivity contribution in [2.24, 2.45) is 0 Å². The quantitative estimate of drug-likeness (QED) is 0.851. The van der Waals surface area contributed by atoms with Gasteiger partial charge in [0.05, 0.1) is 6.54 Å². The smallest absolute Gasteiger partial charge is 0.239 e. The topological polar surface area (TPSA) is 58.4 Å². The van der Waals surface area contributed by atoms with Crippen LogP contribution in [0.25, 0.3) is 0 Å². The summed E-state index contributed by atoms with van der Waals surface area (Å²) in [6.45, 7) is 1.84. The molecule has 0 atom stereocenters. The number of rotatable bonds is 4. The Kier molecular flexibility index (Phi) is 4.28. The Morgan fingerprint density at radius 3 is 2.77 bits per heavy atom. The highest BCUT2D eigenvalue weighted by molar-refractivity contribution is 5.82. The molecule has 0 radical (unpaired) electrons. The van der Waals surface area contributed by atoms with E-state index in [1.807, 2.05) is 42.5 Å². The van der Waals surface area contributed by atoms with Crippen molar-refractivity contribution in [3.8, 4) is 0 Å². The summed E-state index contributed by atoms with van der Waals surface area (Å²) < 4.78 is 0. The molecule has 0 saturated heterocycles. The van der Waals surface area contributed by atoms with Gasteiger partial charge >= 0.3 is 0 Å². The Hall–Kier alpha value is -2.49.